The first-order valence-corrected chi connectivity index (χ1v) is 8.20. The van der Waals surface area contributed by atoms with Crippen LogP contribution in [0.4, 0.5) is 0 Å². The van der Waals surface area contributed by atoms with Gasteiger partial charge in [0.1, 0.15) is 0 Å². The Kier molecular flexibility index (Phi) is 4.07. The molecule has 0 atom stereocenters. The number of rotatable bonds is 4. The number of fused-ring (bicyclic) bond motifs is 2. The highest BCUT2D eigenvalue weighted by Gasteiger charge is 2.07. The van der Waals surface area contributed by atoms with Gasteiger partial charge >= 0.3 is 0 Å². The van der Waals surface area contributed by atoms with Crippen LogP contribution in [0, 0.1) is 0 Å². The van der Waals surface area contributed by atoms with Crippen LogP contribution in [-0.4, -0.2) is 22.3 Å². The Hall–Kier alpha value is -3.67. The molecule has 128 valence electrons. The van der Waals surface area contributed by atoms with E-state index in [1.54, 1.807) is 6.21 Å². The first-order valence-electron chi connectivity index (χ1n) is 8.20. The Morgan fingerprint density at radius 1 is 0.962 bits per heavy atom. The zero-order valence-corrected chi connectivity index (χ0v) is 13.8. The van der Waals surface area contributed by atoms with Crippen molar-refractivity contribution in [2.75, 3.05) is 0 Å². The smallest absolute Gasteiger partial charge is 0.264 e. The summed E-state index contributed by atoms with van der Waals surface area (Å²) in [5, 5.41) is 13.5. The number of hydrogen-bond acceptors (Lipinski definition) is 3. The SMILES string of the molecule is O=C(Cc1cc(=O)[nH][nH]1)N/N=C/c1c2ccccc2cc2ccccc12. The molecule has 1 aromatic heterocycles. The quantitative estimate of drug-likeness (QED) is 0.302. The van der Waals surface area contributed by atoms with Gasteiger partial charge in [-0.15, -0.1) is 0 Å². The maximum absolute atomic E-state index is 12.0. The zero-order valence-electron chi connectivity index (χ0n) is 13.8. The first kappa shape index (κ1) is 15.8. The van der Waals surface area contributed by atoms with Gasteiger partial charge < -0.3 is 5.10 Å². The number of carbonyl (C=O) groups is 1. The minimum atomic E-state index is -0.305. The lowest BCUT2D eigenvalue weighted by molar-refractivity contribution is -0.120. The van der Waals surface area contributed by atoms with Gasteiger partial charge in [-0.05, 0) is 27.6 Å². The van der Waals surface area contributed by atoms with Gasteiger partial charge in [-0.25, -0.2) is 5.43 Å². The molecule has 26 heavy (non-hydrogen) atoms. The predicted molar refractivity (Wildman–Crippen MR) is 102 cm³/mol. The van der Waals surface area contributed by atoms with Gasteiger partial charge in [0.2, 0.25) is 5.91 Å². The molecule has 0 aliphatic carbocycles. The average molecular weight is 344 g/mol. The molecule has 3 N–H and O–H groups in total. The maximum Gasteiger partial charge on any atom is 0.264 e. The van der Waals surface area contributed by atoms with Gasteiger partial charge in [0.25, 0.3) is 5.56 Å². The summed E-state index contributed by atoms with van der Waals surface area (Å²) in [6, 6.07) is 19.6. The molecule has 4 rings (SSSR count). The van der Waals surface area contributed by atoms with Crippen molar-refractivity contribution < 1.29 is 4.79 Å². The van der Waals surface area contributed by atoms with Crippen LogP contribution in [0.1, 0.15) is 11.3 Å². The molecule has 0 aliphatic heterocycles. The molecule has 1 amide bonds. The van der Waals surface area contributed by atoms with Crippen LogP contribution in [0.15, 0.2) is 70.6 Å². The van der Waals surface area contributed by atoms with Crippen molar-refractivity contribution in [2.45, 2.75) is 6.42 Å². The van der Waals surface area contributed by atoms with Crippen LogP contribution in [0.2, 0.25) is 0 Å². The van der Waals surface area contributed by atoms with E-state index in [9.17, 15) is 9.59 Å². The van der Waals surface area contributed by atoms with E-state index < -0.39 is 0 Å². The molecule has 0 saturated carbocycles. The number of amides is 1. The summed E-state index contributed by atoms with van der Waals surface area (Å²) in [6.45, 7) is 0. The van der Waals surface area contributed by atoms with Gasteiger partial charge in [0.15, 0.2) is 0 Å². The predicted octanol–water partition coefficient (Wildman–Crippen LogP) is 2.70. The van der Waals surface area contributed by atoms with Crippen LogP contribution in [0.5, 0.6) is 0 Å². The van der Waals surface area contributed by atoms with Crippen LogP contribution >= 0.6 is 0 Å². The highest BCUT2D eigenvalue weighted by Crippen LogP contribution is 2.27. The summed E-state index contributed by atoms with van der Waals surface area (Å²) in [6.07, 6.45) is 1.72. The summed E-state index contributed by atoms with van der Waals surface area (Å²) in [5.41, 5.74) is 3.71. The monoisotopic (exact) mass is 344 g/mol. The third-order valence-electron chi connectivity index (χ3n) is 4.20. The van der Waals surface area contributed by atoms with E-state index in [0.717, 1.165) is 27.1 Å². The van der Waals surface area contributed by atoms with E-state index in [2.05, 4.69) is 38.9 Å². The molecule has 0 aliphatic rings. The number of benzene rings is 3. The molecule has 0 bridgehead atoms. The second-order valence-corrected chi connectivity index (χ2v) is 5.99. The fourth-order valence-corrected chi connectivity index (χ4v) is 3.04. The number of hydrogen-bond donors (Lipinski definition) is 3. The van der Waals surface area contributed by atoms with E-state index in [-0.39, 0.29) is 17.9 Å². The van der Waals surface area contributed by atoms with Crippen LogP contribution in [0.25, 0.3) is 21.5 Å². The molecule has 0 spiro atoms. The summed E-state index contributed by atoms with van der Waals surface area (Å²) >= 11 is 0. The molecule has 6 heteroatoms. The summed E-state index contributed by atoms with van der Waals surface area (Å²) in [7, 11) is 0. The highest BCUT2D eigenvalue weighted by atomic mass is 16.2. The lowest BCUT2D eigenvalue weighted by atomic mass is 9.97. The number of nitrogens with one attached hydrogen (secondary N) is 3. The minimum Gasteiger partial charge on any atom is -0.302 e. The standard InChI is InChI=1S/C20H16N4O2/c25-19(10-15-11-20(26)24-22-15)23-21-12-18-16-7-3-1-5-13(16)9-14-6-2-4-8-17(14)18/h1-9,11-12H,10H2,(H,23,25)(H2,22,24,26)/b21-12+. The second kappa shape index (κ2) is 6.68. The van der Waals surface area contributed by atoms with E-state index >= 15 is 0 Å². The highest BCUT2D eigenvalue weighted by molar-refractivity contribution is 6.13. The number of nitrogens with zero attached hydrogens (tertiary/aromatic N) is 1. The Morgan fingerprint density at radius 2 is 1.62 bits per heavy atom. The number of carbonyl (C=O) groups excluding carboxylic acids is 1. The first-order chi connectivity index (χ1) is 12.7. The number of H-pyrrole nitrogens is 2. The Labute approximate surface area is 148 Å². The van der Waals surface area contributed by atoms with Gasteiger partial charge in [-0.1, -0.05) is 48.5 Å². The third kappa shape index (κ3) is 3.12. The fraction of sp³-hybridized carbons (Fsp3) is 0.0500. The molecule has 0 radical (unpaired) electrons. The van der Waals surface area contributed by atoms with Crippen LogP contribution < -0.4 is 11.0 Å². The zero-order chi connectivity index (χ0) is 17.9. The lowest BCUT2D eigenvalue weighted by Crippen LogP contribution is -2.20. The van der Waals surface area contributed by atoms with Crippen molar-refractivity contribution in [3.05, 3.63) is 82.3 Å². The second-order valence-electron chi connectivity index (χ2n) is 5.99. The molecular formula is C20H16N4O2. The molecule has 0 unspecified atom stereocenters. The number of aromatic nitrogens is 2. The van der Waals surface area contributed by atoms with Gasteiger partial charge in [-0.2, -0.15) is 5.10 Å². The molecule has 6 nitrogen and oxygen atoms in total. The Morgan fingerprint density at radius 3 is 2.23 bits per heavy atom. The maximum atomic E-state index is 12.0. The summed E-state index contributed by atoms with van der Waals surface area (Å²) in [5.74, 6) is -0.305. The van der Waals surface area contributed by atoms with E-state index in [0.29, 0.717) is 5.69 Å². The third-order valence-corrected chi connectivity index (χ3v) is 4.20. The van der Waals surface area contributed by atoms with Crippen molar-refractivity contribution >= 4 is 33.7 Å². The molecule has 4 aromatic rings. The van der Waals surface area contributed by atoms with Gasteiger partial charge in [0, 0.05) is 17.3 Å². The van der Waals surface area contributed by atoms with Crippen LogP contribution in [-0.2, 0) is 11.2 Å². The van der Waals surface area contributed by atoms with E-state index in [1.165, 1.54) is 6.07 Å². The number of aromatic amines is 2. The van der Waals surface area contributed by atoms with Crippen molar-refractivity contribution in [2.24, 2.45) is 5.10 Å². The molecule has 3 aromatic carbocycles. The molecular weight excluding hydrogens is 328 g/mol. The van der Waals surface area contributed by atoms with Crippen LogP contribution in [0.3, 0.4) is 0 Å². The molecule has 0 saturated heterocycles. The topological polar surface area (TPSA) is 90.1 Å². The summed E-state index contributed by atoms with van der Waals surface area (Å²) in [4.78, 5) is 23.0. The Bertz CT molecular complexity index is 1130. The fourth-order valence-electron chi connectivity index (χ4n) is 3.04. The largest absolute Gasteiger partial charge is 0.302 e. The van der Waals surface area contributed by atoms with Crippen molar-refractivity contribution in [1.29, 1.82) is 0 Å². The van der Waals surface area contributed by atoms with E-state index in [4.69, 9.17) is 0 Å². The minimum absolute atomic E-state index is 0.0480. The molecule has 1 heterocycles. The van der Waals surface area contributed by atoms with Crippen molar-refractivity contribution in [1.82, 2.24) is 15.6 Å². The number of hydrazone groups is 1. The molecule has 0 fully saturated rings. The Balaban J connectivity index is 1.63. The van der Waals surface area contributed by atoms with E-state index in [1.807, 2.05) is 36.4 Å². The van der Waals surface area contributed by atoms with Crippen molar-refractivity contribution in [3.63, 3.8) is 0 Å². The average Bonchev–Trinajstić information content (AvgIpc) is 3.05. The normalized spacial score (nSPS) is 11.4. The van der Waals surface area contributed by atoms with Crippen molar-refractivity contribution in [3.8, 4) is 0 Å². The van der Waals surface area contributed by atoms with Gasteiger partial charge in [-0.3, -0.25) is 14.7 Å². The lowest BCUT2D eigenvalue weighted by Gasteiger charge is -2.07. The summed E-state index contributed by atoms with van der Waals surface area (Å²) < 4.78 is 0. The van der Waals surface area contributed by atoms with Gasteiger partial charge in [0.05, 0.1) is 12.6 Å².